The number of ether oxygens (including phenoxy) is 3. The summed E-state index contributed by atoms with van der Waals surface area (Å²) >= 11 is 1.66. The molecule has 1 aromatic heterocycles. The first kappa shape index (κ1) is 26.6. The third kappa shape index (κ3) is 5.83. The molecule has 2 fully saturated rings. The largest absolute Gasteiger partial charge is 0.487 e. The Balaban J connectivity index is 1.19. The van der Waals surface area contributed by atoms with Crippen LogP contribution in [0.25, 0.3) is 0 Å². The van der Waals surface area contributed by atoms with E-state index in [0.717, 1.165) is 28.5 Å². The van der Waals surface area contributed by atoms with E-state index in [9.17, 15) is 9.59 Å². The molecule has 2 amide bonds. The van der Waals surface area contributed by atoms with Gasteiger partial charge in [0.15, 0.2) is 23.2 Å². The van der Waals surface area contributed by atoms with E-state index < -0.39 is 5.60 Å². The van der Waals surface area contributed by atoms with Gasteiger partial charge in [0.1, 0.15) is 12.2 Å². The molecule has 2 bridgehead atoms. The Morgan fingerprint density at radius 2 is 1.76 bits per heavy atom. The third-order valence-electron chi connectivity index (χ3n) is 6.98. The minimum Gasteiger partial charge on any atom is -0.487 e. The first-order chi connectivity index (χ1) is 18.2. The van der Waals surface area contributed by atoms with Crippen molar-refractivity contribution in [3.05, 3.63) is 34.8 Å². The van der Waals surface area contributed by atoms with Gasteiger partial charge in [0.25, 0.3) is 5.91 Å². The summed E-state index contributed by atoms with van der Waals surface area (Å²) in [6, 6.07) is 7.60. The van der Waals surface area contributed by atoms with Crippen molar-refractivity contribution in [3.8, 4) is 11.5 Å². The summed E-state index contributed by atoms with van der Waals surface area (Å²) in [7, 11) is 0. The fraction of sp³-hybridized carbons (Fsp3) is 0.593. The number of aliphatic hydroxyl groups is 1. The van der Waals surface area contributed by atoms with Crippen LogP contribution in [0.1, 0.15) is 44.2 Å². The highest BCUT2D eigenvalue weighted by molar-refractivity contribution is 7.15. The Labute approximate surface area is 227 Å². The van der Waals surface area contributed by atoms with Gasteiger partial charge < -0.3 is 34.0 Å². The average molecular weight is 545 g/mol. The van der Waals surface area contributed by atoms with Gasteiger partial charge in [-0.1, -0.05) is 23.5 Å². The van der Waals surface area contributed by atoms with Crippen LogP contribution in [-0.4, -0.2) is 89.0 Å². The molecule has 4 heterocycles. The van der Waals surface area contributed by atoms with Crippen molar-refractivity contribution >= 4 is 28.5 Å². The monoisotopic (exact) mass is 544 g/mol. The number of rotatable bonds is 7. The van der Waals surface area contributed by atoms with Crippen LogP contribution in [0.15, 0.2) is 24.3 Å². The standard InChI is InChI=1S/C27H36N4O6S/c1-27(2,3)37-26(34)30-14-18-8-9-19(15-30)31(18)25-28-20-10-11-29(16-23(20)38-25)24(33)17-36-22-7-5-4-6-21(22)35-13-12-32/h4-7,18-19,32H,8-17H2,1-3H3. The lowest BCUT2D eigenvalue weighted by molar-refractivity contribution is -0.134. The van der Waals surface area contributed by atoms with Gasteiger partial charge in [-0.15, -0.1) is 0 Å². The number of benzene rings is 1. The third-order valence-corrected chi connectivity index (χ3v) is 8.07. The van der Waals surface area contributed by atoms with Crippen LogP contribution in [0.2, 0.25) is 0 Å². The average Bonchev–Trinajstić information content (AvgIpc) is 3.41. The topological polar surface area (TPSA) is 105 Å². The molecule has 0 spiro atoms. The van der Waals surface area contributed by atoms with Crippen LogP contribution in [0.3, 0.4) is 0 Å². The van der Waals surface area contributed by atoms with Gasteiger partial charge in [0, 0.05) is 43.0 Å². The van der Waals surface area contributed by atoms with Gasteiger partial charge in [0.05, 0.1) is 18.8 Å². The van der Waals surface area contributed by atoms with E-state index in [2.05, 4.69) is 4.90 Å². The molecule has 2 aromatic rings. The first-order valence-electron chi connectivity index (χ1n) is 13.2. The number of aliphatic hydroxyl groups excluding tert-OH is 1. The number of carbonyl (C=O) groups is 2. The highest BCUT2D eigenvalue weighted by atomic mass is 32.1. The van der Waals surface area contributed by atoms with Gasteiger partial charge in [-0.05, 0) is 45.7 Å². The van der Waals surface area contributed by atoms with Crippen molar-refractivity contribution in [2.75, 3.05) is 44.4 Å². The number of nitrogens with zero attached hydrogens (tertiary/aromatic N) is 4. The fourth-order valence-corrected chi connectivity index (χ4v) is 6.54. The molecule has 2 unspecified atom stereocenters. The van der Waals surface area contributed by atoms with E-state index in [1.165, 1.54) is 0 Å². The molecule has 10 nitrogen and oxygen atoms in total. The zero-order chi connectivity index (χ0) is 26.9. The number of carbonyl (C=O) groups excluding carboxylic acids is 2. The van der Waals surface area contributed by atoms with E-state index in [1.54, 1.807) is 23.5 Å². The molecular formula is C27H36N4O6S. The highest BCUT2D eigenvalue weighted by Gasteiger charge is 2.44. The molecule has 0 radical (unpaired) electrons. The molecule has 0 aliphatic carbocycles. The number of fused-ring (bicyclic) bond motifs is 3. The van der Waals surface area contributed by atoms with Crippen LogP contribution in [0, 0.1) is 0 Å². The second-order valence-corrected chi connectivity index (χ2v) is 12.0. The Bertz CT molecular complexity index is 1150. The highest BCUT2D eigenvalue weighted by Crippen LogP contribution is 2.39. The van der Waals surface area contributed by atoms with Gasteiger partial charge >= 0.3 is 6.09 Å². The zero-order valence-electron chi connectivity index (χ0n) is 22.2. The maximum atomic E-state index is 13.0. The number of aromatic nitrogens is 1. The van der Waals surface area contributed by atoms with E-state index in [0.29, 0.717) is 44.1 Å². The van der Waals surface area contributed by atoms with Gasteiger partial charge in [0.2, 0.25) is 0 Å². The molecule has 206 valence electrons. The summed E-state index contributed by atoms with van der Waals surface area (Å²) in [6.07, 6.45) is 2.52. The summed E-state index contributed by atoms with van der Waals surface area (Å²) in [4.78, 5) is 37.8. The second-order valence-electron chi connectivity index (χ2n) is 10.9. The SMILES string of the molecule is CC(C)(C)OC(=O)N1CC2CCC(C1)N2c1nc2c(s1)CN(C(=O)COc1ccccc1OCCO)CC2. The number of thiazole rings is 1. The fourth-order valence-electron chi connectivity index (χ4n) is 5.27. The van der Waals surface area contributed by atoms with E-state index >= 15 is 0 Å². The Hall–Kier alpha value is -3.05. The number of piperazine rings is 1. The molecule has 38 heavy (non-hydrogen) atoms. The number of hydrogen-bond donors (Lipinski definition) is 1. The lowest BCUT2D eigenvalue weighted by atomic mass is 10.2. The summed E-state index contributed by atoms with van der Waals surface area (Å²) in [5.74, 6) is 0.894. The number of anilines is 1. The number of para-hydroxylation sites is 2. The van der Waals surface area contributed by atoms with E-state index in [-0.39, 0.29) is 43.9 Å². The molecule has 0 saturated carbocycles. The minimum absolute atomic E-state index is 0.0860. The van der Waals surface area contributed by atoms with Crippen LogP contribution in [-0.2, 0) is 22.5 Å². The summed E-state index contributed by atoms with van der Waals surface area (Å²) in [6.45, 7) is 8.05. The zero-order valence-corrected chi connectivity index (χ0v) is 23.0. The van der Waals surface area contributed by atoms with Crippen LogP contribution < -0.4 is 14.4 Å². The van der Waals surface area contributed by atoms with Crippen LogP contribution in [0.4, 0.5) is 9.93 Å². The smallest absolute Gasteiger partial charge is 0.410 e. The van der Waals surface area contributed by atoms with Crippen molar-refractivity contribution in [3.63, 3.8) is 0 Å². The van der Waals surface area contributed by atoms with E-state index in [4.69, 9.17) is 24.3 Å². The number of hydrogen-bond acceptors (Lipinski definition) is 9. The predicted molar refractivity (Wildman–Crippen MR) is 143 cm³/mol. The van der Waals surface area contributed by atoms with Gasteiger partial charge in [-0.2, -0.15) is 0 Å². The molecule has 1 N–H and O–H groups in total. The lowest BCUT2D eigenvalue weighted by Gasteiger charge is -2.41. The quantitative estimate of drug-likeness (QED) is 0.567. The molecule has 3 aliphatic heterocycles. The minimum atomic E-state index is -0.507. The van der Waals surface area contributed by atoms with Crippen molar-refractivity contribution in [1.29, 1.82) is 0 Å². The van der Waals surface area contributed by atoms with Crippen LogP contribution in [0.5, 0.6) is 11.5 Å². The maximum Gasteiger partial charge on any atom is 0.410 e. The van der Waals surface area contributed by atoms with Crippen molar-refractivity contribution in [2.45, 2.75) is 64.3 Å². The van der Waals surface area contributed by atoms with E-state index in [1.807, 2.05) is 42.7 Å². The summed E-state index contributed by atoms with van der Waals surface area (Å²) < 4.78 is 16.9. The Morgan fingerprint density at radius 3 is 2.42 bits per heavy atom. The van der Waals surface area contributed by atoms with Gasteiger partial charge in [-0.3, -0.25) is 4.79 Å². The molecule has 2 atom stereocenters. The Morgan fingerprint density at radius 1 is 1.08 bits per heavy atom. The van der Waals surface area contributed by atoms with Crippen molar-refractivity contribution in [1.82, 2.24) is 14.8 Å². The predicted octanol–water partition coefficient (Wildman–Crippen LogP) is 3.07. The molecule has 1 aromatic carbocycles. The summed E-state index contributed by atoms with van der Waals surface area (Å²) in [5.41, 5.74) is 0.555. The molecule has 3 aliphatic rings. The molecule has 11 heteroatoms. The first-order valence-corrected chi connectivity index (χ1v) is 14.0. The molecule has 5 rings (SSSR count). The van der Waals surface area contributed by atoms with Crippen LogP contribution >= 0.6 is 11.3 Å². The molecular weight excluding hydrogens is 508 g/mol. The maximum absolute atomic E-state index is 13.0. The lowest BCUT2D eigenvalue weighted by Crippen LogP contribution is -2.56. The second kappa shape index (κ2) is 11.0. The van der Waals surface area contributed by atoms with Crippen molar-refractivity contribution < 1.29 is 28.9 Å². The normalized spacial score (nSPS) is 20.8. The van der Waals surface area contributed by atoms with Crippen molar-refractivity contribution in [2.24, 2.45) is 0 Å². The Kier molecular flexibility index (Phi) is 7.67. The number of likely N-dealkylation sites (tertiary alicyclic amines) is 1. The summed E-state index contributed by atoms with van der Waals surface area (Å²) in [5, 5.41) is 10.0. The van der Waals surface area contributed by atoms with Gasteiger partial charge in [-0.25, -0.2) is 9.78 Å². The molecule has 2 saturated heterocycles. The number of amides is 2.